The molecule has 2 aliphatic heterocycles. The molecule has 0 aromatic carbocycles. The fraction of sp³-hybridized carbons (Fsp3) is 0.881. The number of carbonyl (C=O) groups excluding carboxylic acids is 7. The maximum Gasteiger partial charge on any atom is 0.410 e. The Hall–Kier alpha value is -3.95. The Bertz CT molecular complexity index is 1400. The van der Waals surface area contributed by atoms with Gasteiger partial charge in [-0.3, -0.25) is 33.7 Å². The van der Waals surface area contributed by atoms with E-state index in [-0.39, 0.29) is 108 Å². The van der Waals surface area contributed by atoms with Crippen LogP contribution < -0.4 is 0 Å². The van der Waals surface area contributed by atoms with Crippen molar-refractivity contribution in [2.75, 3.05) is 59.8 Å². The van der Waals surface area contributed by atoms with Crippen molar-refractivity contribution in [2.24, 2.45) is 11.8 Å². The summed E-state index contributed by atoms with van der Waals surface area (Å²) in [4.78, 5) is 95.8. The summed E-state index contributed by atoms with van der Waals surface area (Å²) >= 11 is 0. The summed E-state index contributed by atoms with van der Waals surface area (Å²) in [6.07, 6.45) is 26.7. The van der Waals surface area contributed by atoms with Gasteiger partial charge in [0.2, 0.25) is 0 Å². The highest BCUT2D eigenvalue weighted by molar-refractivity contribution is 5.73. The van der Waals surface area contributed by atoms with Gasteiger partial charge in [-0.05, 0) is 58.4 Å². The number of esters is 6. The van der Waals surface area contributed by atoms with E-state index < -0.39 is 42.0 Å². The second kappa shape index (κ2) is 44.1. The molecule has 0 radical (unpaired) electrons. The van der Waals surface area contributed by atoms with Gasteiger partial charge in [0.25, 0.3) is 0 Å². The smallest absolute Gasteiger partial charge is 0.410 e. The number of likely N-dealkylation sites (N-methyl/N-ethyl adjacent to an activating group) is 1. The number of amides is 1. The minimum atomic E-state index is -0.630. The third kappa shape index (κ3) is 34.4. The van der Waals surface area contributed by atoms with Crippen LogP contribution in [0.5, 0.6) is 0 Å². The number of nitrogens with zero attached hydrogens (tertiary/aromatic N) is 2. The van der Waals surface area contributed by atoms with Crippen molar-refractivity contribution >= 4 is 41.9 Å². The van der Waals surface area contributed by atoms with Crippen LogP contribution in [0.15, 0.2) is 0 Å². The zero-order chi connectivity index (χ0) is 54.7. The Balaban J connectivity index is 2.12. The summed E-state index contributed by atoms with van der Waals surface area (Å²) in [7, 11) is 1.96. The fourth-order valence-corrected chi connectivity index (χ4v) is 9.62. The summed E-state index contributed by atoms with van der Waals surface area (Å²) in [5.74, 6) is -3.89. The van der Waals surface area contributed by atoms with Crippen LogP contribution in [0.1, 0.15) is 246 Å². The summed E-state index contributed by atoms with van der Waals surface area (Å²) in [6, 6.07) is -1.18. The average molecular weight is 1070 g/mol. The number of likely N-dealkylation sites (tertiary alicyclic amines) is 2. The van der Waals surface area contributed by atoms with Gasteiger partial charge in [0.15, 0.2) is 0 Å². The number of rotatable bonds is 45. The first-order valence-electron chi connectivity index (χ1n) is 30.0. The molecule has 16 heteroatoms. The van der Waals surface area contributed by atoms with E-state index in [1.165, 1.54) is 25.7 Å². The van der Waals surface area contributed by atoms with E-state index in [1.807, 2.05) is 7.05 Å². The van der Waals surface area contributed by atoms with E-state index in [2.05, 4.69) is 32.6 Å². The minimum Gasteiger partial charge on any atom is -0.465 e. The average Bonchev–Trinajstić information content (AvgIpc) is 3.81. The molecule has 16 nitrogen and oxygen atoms in total. The number of carbonyl (C=O) groups is 7. The number of unbranched alkanes of at least 4 members (excludes halogenated alkanes) is 20. The van der Waals surface area contributed by atoms with E-state index >= 15 is 0 Å². The standard InChI is InChI=1S/C59H104N2O14/c1-6-10-14-18-22-26-33-53(62)69-42-48(43-70-54(63)34-27-23-19-15-11-7-2)39-57(66)73-46-50-31-30-32-51(61(50)59(68)75-52-37-38-60(5)41-52)47-74-58(67)40-49(44-71-55(64)35-28-24-20-16-12-8-3)45-72-56(65)36-29-25-21-17-13-9-4/h48-52H,6-47H2,1-5H3/t50-,51+,52?. The van der Waals surface area contributed by atoms with Gasteiger partial charge in [0.05, 0.1) is 51.4 Å². The Morgan fingerprint density at radius 1 is 0.413 bits per heavy atom. The highest BCUT2D eigenvalue weighted by Crippen LogP contribution is 2.27. The van der Waals surface area contributed by atoms with Gasteiger partial charge in [0.1, 0.15) is 19.3 Å². The molecule has 434 valence electrons. The minimum absolute atomic E-state index is 0.108. The topological polar surface area (TPSA) is 191 Å². The normalized spacial score (nSPS) is 16.7. The summed E-state index contributed by atoms with van der Waals surface area (Å²) in [5.41, 5.74) is 0. The van der Waals surface area contributed by atoms with Gasteiger partial charge in [-0.25, -0.2) is 4.79 Å². The molecule has 75 heavy (non-hydrogen) atoms. The zero-order valence-electron chi connectivity index (χ0n) is 47.7. The summed E-state index contributed by atoms with van der Waals surface area (Å²) < 4.78 is 40.2. The van der Waals surface area contributed by atoms with Crippen molar-refractivity contribution in [3.63, 3.8) is 0 Å². The largest absolute Gasteiger partial charge is 0.465 e. The Morgan fingerprint density at radius 2 is 0.733 bits per heavy atom. The molecule has 0 aromatic heterocycles. The Kier molecular flexibility index (Phi) is 39.5. The van der Waals surface area contributed by atoms with Gasteiger partial charge in [0, 0.05) is 50.6 Å². The maximum absolute atomic E-state index is 14.1. The van der Waals surface area contributed by atoms with Gasteiger partial charge in [-0.1, -0.05) is 156 Å². The highest BCUT2D eigenvalue weighted by Gasteiger charge is 2.39. The van der Waals surface area contributed by atoms with Crippen LogP contribution in [0.4, 0.5) is 4.79 Å². The molecule has 2 saturated heterocycles. The van der Waals surface area contributed by atoms with Gasteiger partial charge >= 0.3 is 41.9 Å². The highest BCUT2D eigenvalue weighted by atomic mass is 16.6. The van der Waals surface area contributed by atoms with Crippen LogP contribution in [0.2, 0.25) is 0 Å². The van der Waals surface area contributed by atoms with Crippen molar-refractivity contribution in [1.29, 1.82) is 0 Å². The number of ether oxygens (including phenoxy) is 7. The molecule has 0 saturated carbocycles. The van der Waals surface area contributed by atoms with E-state index in [1.54, 1.807) is 4.90 Å². The van der Waals surface area contributed by atoms with Crippen LogP contribution >= 0.6 is 0 Å². The summed E-state index contributed by atoms with van der Waals surface area (Å²) in [5, 5.41) is 0. The van der Waals surface area contributed by atoms with E-state index in [0.717, 1.165) is 109 Å². The molecule has 1 unspecified atom stereocenters. The Labute approximate surface area is 452 Å². The molecule has 2 heterocycles. The van der Waals surface area contributed by atoms with Crippen molar-refractivity contribution < 1.29 is 66.7 Å². The van der Waals surface area contributed by atoms with Crippen LogP contribution in [-0.4, -0.2) is 130 Å². The molecule has 1 amide bonds. The van der Waals surface area contributed by atoms with E-state index in [0.29, 0.717) is 57.9 Å². The monoisotopic (exact) mass is 1060 g/mol. The van der Waals surface area contributed by atoms with Crippen LogP contribution in [0, 0.1) is 11.8 Å². The van der Waals surface area contributed by atoms with E-state index in [9.17, 15) is 33.6 Å². The van der Waals surface area contributed by atoms with Crippen molar-refractivity contribution in [3.05, 3.63) is 0 Å². The number of hydrogen-bond acceptors (Lipinski definition) is 15. The van der Waals surface area contributed by atoms with Crippen molar-refractivity contribution in [3.8, 4) is 0 Å². The molecule has 0 spiro atoms. The summed E-state index contributed by atoms with van der Waals surface area (Å²) in [6.45, 7) is 9.24. The zero-order valence-corrected chi connectivity index (χ0v) is 47.7. The fourth-order valence-electron chi connectivity index (χ4n) is 9.62. The first kappa shape index (κ1) is 67.2. The number of hydrogen-bond donors (Lipinski definition) is 0. The van der Waals surface area contributed by atoms with E-state index in [4.69, 9.17) is 33.2 Å². The molecule has 3 atom stereocenters. The third-order valence-electron chi connectivity index (χ3n) is 14.3. The molecule has 2 fully saturated rings. The lowest BCUT2D eigenvalue weighted by atomic mass is 9.96. The predicted octanol–water partition coefficient (Wildman–Crippen LogP) is 12.3. The number of piperidine rings is 1. The van der Waals surface area contributed by atoms with Crippen LogP contribution in [0.25, 0.3) is 0 Å². The second-order valence-electron chi connectivity index (χ2n) is 21.5. The lowest BCUT2D eigenvalue weighted by Gasteiger charge is -2.41. The molecule has 0 N–H and O–H groups in total. The molecule has 0 aliphatic carbocycles. The SMILES string of the molecule is CCCCCCCCC(=O)OCC(COC(=O)CCCCCCCC)CC(=O)OC[C@H]1CCC[C@@H](COC(=O)CC(COC(=O)CCCCCCCC)COC(=O)CCCCCCCC)N1C(=O)OC1CCN(C)C1. The molecular formula is C59H104N2O14. The van der Waals surface area contributed by atoms with Gasteiger partial charge < -0.3 is 38.1 Å². The molecule has 0 bridgehead atoms. The first-order valence-corrected chi connectivity index (χ1v) is 30.0. The van der Waals surface area contributed by atoms with Crippen molar-refractivity contribution in [2.45, 2.75) is 264 Å². The second-order valence-corrected chi connectivity index (χ2v) is 21.5. The molecule has 2 aliphatic rings. The molecule has 0 aromatic rings. The lowest BCUT2D eigenvalue weighted by Crippen LogP contribution is -2.54. The van der Waals surface area contributed by atoms with Gasteiger partial charge in [-0.15, -0.1) is 0 Å². The Morgan fingerprint density at radius 3 is 1.04 bits per heavy atom. The van der Waals surface area contributed by atoms with Crippen LogP contribution in [-0.2, 0) is 61.9 Å². The molecular weight excluding hydrogens is 961 g/mol. The quantitative estimate of drug-likeness (QED) is 0.0318. The van der Waals surface area contributed by atoms with Gasteiger partial charge in [-0.2, -0.15) is 0 Å². The lowest BCUT2D eigenvalue weighted by molar-refractivity contribution is -0.157. The first-order chi connectivity index (χ1) is 36.4. The third-order valence-corrected chi connectivity index (χ3v) is 14.3. The van der Waals surface area contributed by atoms with Crippen LogP contribution in [0.3, 0.4) is 0 Å². The van der Waals surface area contributed by atoms with Crippen molar-refractivity contribution in [1.82, 2.24) is 9.80 Å². The predicted molar refractivity (Wildman–Crippen MR) is 290 cm³/mol. The maximum atomic E-state index is 14.1. The molecule has 2 rings (SSSR count).